The molecule has 2 aliphatic rings. The van der Waals surface area contributed by atoms with Gasteiger partial charge in [0, 0.05) is 11.1 Å². The molecule has 0 radical (unpaired) electrons. The second-order valence-electron chi connectivity index (χ2n) is 4.70. The normalized spacial score (nSPS) is 35.2. The second kappa shape index (κ2) is 3.15. The van der Waals surface area contributed by atoms with Crippen molar-refractivity contribution in [3.63, 3.8) is 0 Å². The van der Waals surface area contributed by atoms with Crippen molar-refractivity contribution in [2.24, 2.45) is 5.92 Å². The fourth-order valence-corrected chi connectivity index (χ4v) is 2.83. The number of esters is 1. The minimum atomic E-state index is -1.65. The average molecular weight is 234 g/mol. The number of hydrogen-bond acceptors (Lipinski definition) is 3. The number of fused-ring (bicyclic) bond motifs is 3. The van der Waals surface area contributed by atoms with Gasteiger partial charge in [0.1, 0.15) is 5.60 Å². The van der Waals surface area contributed by atoms with Gasteiger partial charge in [-0.2, -0.15) is 0 Å². The highest BCUT2D eigenvalue weighted by atomic mass is 19.1. The molecule has 3 atom stereocenters. The maximum atomic E-state index is 14.0. The van der Waals surface area contributed by atoms with Gasteiger partial charge in [-0.1, -0.05) is 24.3 Å². The van der Waals surface area contributed by atoms with Crippen molar-refractivity contribution in [3.05, 3.63) is 35.4 Å². The third-order valence-corrected chi connectivity index (χ3v) is 3.75. The van der Waals surface area contributed by atoms with E-state index >= 15 is 0 Å². The zero-order chi connectivity index (χ0) is 12.2. The Morgan fingerprint density at radius 1 is 1.35 bits per heavy atom. The van der Waals surface area contributed by atoms with Gasteiger partial charge in [-0.15, -0.1) is 0 Å². The molecule has 1 aromatic carbocycles. The summed E-state index contributed by atoms with van der Waals surface area (Å²) in [7, 11) is 0. The zero-order valence-corrected chi connectivity index (χ0v) is 9.27. The third kappa shape index (κ3) is 1.21. The molecule has 3 rings (SSSR count). The van der Waals surface area contributed by atoms with Crippen LogP contribution in [-0.2, 0) is 15.1 Å². The van der Waals surface area contributed by atoms with Gasteiger partial charge in [-0.25, -0.2) is 4.39 Å². The average Bonchev–Trinajstić information content (AvgIpc) is 2.63. The predicted octanol–water partition coefficient (Wildman–Crippen LogP) is 2.00. The minimum absolute atomic E-state index is 0.0300. The Hall–Kier alpha value is -1.71. The minimum Gasteiger partial charge on any atom is -0.454 e. The monoisotopic (exact) mass is 234 g/mol. The first-order chi connectivity index (χ1) is 8.04. The number of alkyl halides is 1. The van der Waals surface area contributed by atoms with Crippen molar-refractivity contribution in [2.75, 3.05) is 0 Å². The quantitative estimate of drug-likeness (QED) is 0.645. The molecule has 1 fully saturated rings. The fraction of sp³-hybridized carbons (Fsp3) is 0.385. The first-order valence-electron chi connectivity index (χ1n) is 5.53. The summed E-state index contributed by atoms with van der Waals surface area (Å²) in [6.07, 6.45) is -1.68. The molecule has 3 unspecified atom stereocenters. The SMILES string of the molecule is CC12OC(=O)CC1C(F)C(=O)c1ccccc12. The van der Waals surface area contributed by atoms with Crippen LogP contribution >= 0.6 is 0 Å². The highest BCUT2D eigenvalue weighted by Gasteiger charge is 2.57. The van der Waals surface area contributed by atoms with Crippen molar-refractivity contribution in [2.45, 2.75) is 25.1 Å². The molecule has 0 saturated carbocycles. The molecular weight excluding hydrogens is 223 g/mol. The number of rotatable bonds is 0. The molecule has 0 amide bonds. The van der Waals surface area contributed by atoms with Gasteiger partial charge in [0.05, 0.1) is 12.3 Å². The van der Waals surface area contributed by atoms with E-state index in [9.17, 15) is 14.0 Å². The zero-order valence-electron chi connectivity index (χ0n) is 9.27. The third-order valence-electron chi connectivity index (χ3n) is 3.75. The number of benzene rings is 1. The first kappa shape index (κ1) is 10.4. The summed E-state index contributed by atoms with van der Waals surface area (Å²) in [5.74, 6) is -1.68. The molecule has 0 spiro atoms. The van der Waals surface area contributed by atoms with Crippen molar-refractivity contribution in [1.82, 2.24) is 0 Å². The lowest BCUT2D eigenvalue weighted by Gasteiger charge is -2.36. The number of ether oxygens (including phenoxy) is 1. The van der Waals surface area contributed by atoms with Crippen LogP contribution in [0.5, 0.6) is 0 Å². The Balaban J connectivity index is 2.25. The Morgan fingerprint density at radius 2 is 2.06 bits per heavy atom. The Kier molecular flexibility index (Phi) is 1.94. The van der Waals surface area contributed by atoms with E-state index in [1.165, 1.54) is 0 Å². The highest BCUT2D eigenvalue weighted by molar-refractivity contribution is 6.03. The van der Waals surface area contributed by atoms with Crippen molar-refractivity contribution >= 4 is 11.8 Å². The summed E-state index contributed by atoms with van der Waals surface area (Å²) < 4.78 is 19.3. The van der Waals surface area contributed by atoms with Crippen molar-refractivity contribution in [1.29, 1.82) is 0 Å². The summed E-state index contributed by atoms with van der Waals surface area (Å²) in [5.41, 5.74) is -0.0516. The summed E-state index contributed by atoms with van der Waals surface area (Å²) >= 11 is 0. The van der Waals surface area contributed by atoms with Crippen LogP contribution in [0.1, 0.15) is 29.3 Å². The summed E-state index contributed by atoms with van der Waals surface area (Å²) in [5, 5.41) is 0. The topological polar surface area (TPSA) is 43.4 Å². The Morgan fingerprint density at radius 3 is 2.82 bits per heavy atom. The largest absolute Gasteiger partial charge is 0.454 e. The molecule has 1 aliphatic carbocycles. The molecule has 0 aromatic heterocycles. The standard InChI is InChI=1S/C13H11FO3/c1-13-8-5-3-2-4-7(8)12(16)11(14)9(13)6-10(15)17-13/h2-5,9,11H,6H2,1H3. The summed E-state index contributed by atoms with van der Waals surface area (Å²) in [6.45, 7) is 1.68. The number of hydrogen-bond donors (Lipinski definition) is 0. The van der Waals surface area contributed by atoms with Gasteiger partial charge in [0.2, 0.25) is 0 Å². The van der Waals surface area contributed by atoms with E-state index < -0.39 is 29.4 Å². The number of carbonyl (C=O) groups is 2. The molecule has 4 heteroatoms. The van der Waals surface area contributed by atoms with Crippen LogP contribution in [0.25, 0.3) is 0 Å². The lowest BCUT2D eigenvalue weighted by atomic mass is 9.71. The maximum Gasteiger partial charge on any atom is 0.307 e. The van der Waals surface area contributed by atoms with Crippen molar-refractivity contribution < 1.29 is 18.7 Å². The summed E-state index contributed by atoms with van der Waals surface area (Å²) in [6, 6.07) is 6.76. The lowest BCUT2D eigenvalue weighted by Crippen LogP contribution is -2.44. The van der Waals surface area contributed by atoms with E-state index in [0.29, 0.717) is 11.1 Å². The van der Waals surface area contributed by atoms with Gasteiger partial charge < -0.3 is 4.74 Å². The highest BCUT2D eigenvalue weighted by Crippen LogP contribution is 2.49. The number of halogens is 1. The molecule has 0 N–H and O–H groups in total. The van der Waals surface area contributed by atoms with Crippen LogP contribution in [0.3, 0.4) is 0 Å². The van der Waals surface area contributed by atoms with Gasteiger partial charge in [0.15, 0.2) is 12.0 Å². The molecule has 17 heavy (non-hydrogen) atoms. The molecule has 88 valence electrons. The van der Waals surface area contributed by atoms with E-state index in [2.05, 4.69) is 0 Å². The van der Waals surface area contributed by atoms with E-state index in [4.69, 9.17) is 4.74 Å². The van der Waals surface area contributed by atoms with Crippen LogP contribution in [-0.4, -0.2) is 17.9 Å². The van der Waals surface area contributed by atoms with Gasteiger partial charge in [-0.3, -0.25) is 9.59 Å². The smallest absolute Gasteiger partial charge is 0.307 e. The molecule has 3 nitrogen and oxygen atoms in total. The predicted molar refractivity (Wildman–Crippen MR) is 57.2 cm³/mol. The van der Waals surface area contributed by atoms with Gasteiger partial charge in [-0.05, 0) is 6.92 Å². The lowest BCUT2D eigenvalue weighted by molar-refractivity contribution is -0.149. The maximum absolute atomic E-state index is 14.0. The number of carbonyl (C=O) groups excluding carboxylic acids is 2. The van der Waals surface area contributed by atoms with Crippen LogP contribution < -0.4 is 0 Å². The first-order valence-corrected chi connectivity index (χ1v) is 5.53. The summed E-state index contributed by atoms with van der Waals surface area (Å²) in [4.78, 5) is 23.2. The van der Waals surface area contributed by atoms with Crippen LogP contribution in [0.4, 0.5) is 4.39 Å². The Labute approximate surface area is 97.6 Å². The molecule has 1 heterocycles. The van der Waals surface area contributed by atoms with Crippen LogP contribution in [0.15, 0.2) is 24.3 Å². The molecular formula is C13H11FO3. The molecule has 1 aliphatic heterocycles. The molecule has 0 bridgehead atoms. The van der Waals surface area contributed by atoms with E-state index in [1.54, 1.807) is 31.2 Å². The van der Waals surface area contributed by atoms with Crippen LogP contribution in [0, 0.1) is 5.92 Å². The molecule has 1 aromatic rings. The van der Waals surface area contributed by atoms with Gasteiger partial charge >= 0.3 is 5.97 Å². The number of ketones is 1. The van der Waals surface area contributed by atoms with E-state index in [1.807, 2.05) is 0 Å². The Bertz CT molecular complexity index is 525. The molecule has 1 saturated heterocycles. The van der Waals surface area contributed by atoms with Crippen molar-refractivity contribution in [3.8, 4) is 0 Å². The van der Waals surface area contributed by atoms with Crippen LogP contribution in [0.2, 0.25) is 0 Å². The number of Topliss-reactive ketones (excluding diaryl/α,β-unsaturated/α-hetero) is 1. The fourth-order valence-electron chi connectivity index (χ4n) is 2.83. The van der Waals surface area contributed by atoms with E-state index in [0.717, 1.165) is 0 Å². The second-order valence-corrected chi connectivity index (χ2v) is 4.70. The van der Waals surface area contributed by atoms with Gasteiger partial charge in [0.25, 0.3) is 0 Å². The van der Waals surface area contributed by atoms with E-state index in [-0.39, 0.29) is 6.42 Å².